The maximum atomic E-state index is 14.0. The average Bonchev–Trinajstić information content (AvgIpc) is 3.59. The number of aromatic amines is 1. The largest absolute Gasteiger partial charge is 0.349 e. The fourth-order valence-electron chi connectivity index (χ4n) is 7.32. The van der Waals surface area contributed by atoms with Gasteiger partial charge in [-0.25, -0.2) is 9.37 Å². The summed E-state index contributed by atoms with van der Waals surface area (Å²) >= 11 is 0. The van der Waals surface area contributed by atoms with Crippen LogP contribution in [0.1, 0.15) is 85.5 Å². The van der Waals surface area contributed by atoms with Crippen LogP contribution in [-0.2, 0) is 0 Å². The molecule has 2 bridgehead atoms. The number of amides is 1. The Morgan fingerprint density at radius 2 is 1.95 bits per heavy atom. The number of pyridine rings is 1. The molecule has 2 heterocycles. The molecule has 0 spiro atoms. The number of nitrogens with zero attached hydrogens (tertiary/aromatic N) is 2. The molecule has 0 saturated heterocycles. The molecular weight excluding hydrogens is 463 g/mol. The van der Waals surface area contributed by atoms with Crippen LogP contribution in [0.25, 0.3) is 21.9 Å². The number of imidazole rings is 1. The molecule has 190 valence electrons. The van der Waals surface area contributed by atoms with Crippen LogP contribution in [0.15, 0.2) is 48.7 Å². The molecule has 5 nitrogen and oxygen atoms in total. The Balaban J connectivity index is 1.04. The summed E-state index contributed by atoms with van der Waals surface area (Å²) in [6.07, 6.45) is 10.0. The second-order valence-electron chi connectivity index (χ2n) is 11.7. The lowest BCUT2D eigenvalue weighted by molar-refractivity contribution is 0.0917. The van der Waals surface area contributed by atoms with Crippen LogP contribution in [0.4, 0.5) is 4.39 Å². The first-order valence-corrected chi connectivity index (χ1v) is 13.9. The standard InChI is InChI=1S/C31H33FN4O/c1-17(30-35-28-7-5-18(15-29(28)36-30)31(37)34-23-3-2-4-23)11-19-12-21-13-20(19)14-25(21)24-9-10-33-27-8-6-22(32)16-26(24)27/h5-10,15-17,19-21,23,25H,2-4,11-14H2,1H3,(H,34,37)(H,35,36)/t17-,19?,20?,21?,25?/m1/s1. The lowest BCUT2D eigenvalue weighted by Gasteiger charge is -2.30. The monoisotopic (exact) mass is 496 g/mol. The van der Waals surface area contributed by atoms with Gasteiger partial charge in [-0.3, -0.25) is 9.78 Å². The van der Waals surface area contributed by atoms with E-state index in [1.54, 1.807) is 12.1 Å². The van der Waals surface area contributed by atoms with Gasteiger partial charge in [0.1, 0.15) is 11.6 Å². The SMILES string of the molecule is C[C@H](CC1CC2CC1CC2c1ccnc2ccc(F)cc12)c1nc2ccc(C(=O)NC3CCC3)cc2[nH]1. The van der Waals surface area contributed by atoms with Gasteiger partial charge in [-0.05, 0) is 117 Å². The predicted octanol–water partition coefficient (Wildman–Crippen LogP) is 6.86. The fourth-order valence-corrected chi connectivity index (χ4v) is 7.32. The number of fused-ring (bicyclic) bond motifs is 4. The van der Waals surface area contributed by atoms with Gasteiger partial charge in [-0.1, -0.05) is 6.92 Å². The van der Waals surface area contributed by atoms with Gasteiger partial charge >= 0.3 is 0 Å². The van der Waals surface area contributed by atoms with Crippen LogP contribution < -0.4 is 5.32 Å². The highest BCUT2D eigenvalue weighted by Crippen LogP contribution is 2.58. The van der Waals surface area contributed by atoms with Gasteiger partial charge in [0.05, 0.1) is 16.6 Å². The second-order valence-corrected chi connectivity index (χ2v) is 11.7. The van der Waals surface area contributed by atoms with Gasteiger partial charge in [0, 0.05) is 29.1 Å². The van der Waals surface area contributed by atoms with Crippen LogP contribution in [-0.4, -0.2) is 26.9 Å². The summed E-state index contributed by atoms with van der Waals surface area (Å²) in [5.41, 5.74) is 4.73. The van der Waals surface area contributed by atoms with E-state index < -0.39 is 0 Å². The molecule has 1 amide bonds. The maximum absolute atomic E-state index is 14.0. The van der Waals surface area contributed by atoms with Gasteiger partial charge in [0.15, 0.2) is 0 Å². The van der Waals surface area contributed by atoms with Crippen LogP contribution in [0, 0.1) is 23.6 Å². The minimum atomic E-state index is -0.187. The highest BCUT2D eigenvalue weighted by atomic mass is 19.1. The molecule has 3 aliphatic carbocycles. The molecule has 3 aliphatic rings. The van der Waals surface area contributed by atoms with Crippen molar-refractivity contribution in [2.75, 3.05) is 0 Å². The third-order valence-electron chi connectivity index (χ3n) is 9.47. The molecule has 4 aromatic rings. The van der Waals surface area contributed by atoms with E-state index in [4.69, 9.17) is 4.98 Å². The molecule has 7 rings (SSSR count). The zero-order chi connectivity index (χ0) is 25.1. The third kappa shape index (κ3) is 4.11. The summed E-state index contributed by atoms with van der Waals surface area (Å²) < 4.78 is 14.0. The molecule has 4 unspecified atom stereocenters. The molecule has 2 N–H and O–H groups in total. The van der Waals surface area contributed by atoms with Gasteiger partial charge < -0.3 is 10.3 Å². The fraction of sp³-hybridized carbons (Fsp3) is 0.452. The van der Waals surface area contributed by atoms with Crippen molar-refractivity contribution in [3.63, 3.8) is 0 Å². The number of halogens is 1. The van der Waals surface area contributed by atoms with E-state index in [0.717, 1.165) is 47.0 Å². The molecule has 5 atom stereocenters. The summed E-state index contributed by atoms with van der Waals surface area (Å²) in [7, 11) is 0. The number of rotatable bonds is 6. The van der Waals surface area contributed by atoms with Gasteiger partial charge in [-0.15, -0.1) is 0 Å². The highest BCUT2D eigenvalue weighted by molar-refractivity contribution is 5.97. The van der Waals surface area contributed by atoms with Crippen molar-refractivity contribution in [3.8, 4) is 0 Å². The van der Waals surface area contributed by atoms with Crippen LogP contribution in [0.3, 0.4) is 0 Å². The van der Waals surface area contributed by atoms with E-state index in [-0.39, 0.29) is 11.7 Å². The van der Waals surface area contributed by atoms with Crippen molar-refractivity contribution in [2.24, 2.45) is 17.8 Å². The Morgan fingerprint density at radius 1 is 1.08 bits per heavy atom. The Bertz CT molecular complexity index is 1490. The Morgan fingerprint density at radius 3 is 2.73 bits per heavy atom. The van der Waals surface area contributed by atoms with Crippen LogP contribution >= 0.6 is 0 Å². The van der Waals surface area contributed by atoms with Crippen molar-refractivity contribution in [2.45, 2.75) is 69.7 Å². The van der Waals surface area contributed by atoms with Crippen molar-refractivity contribution >= 4 is 27.8 Å². The number of aromatic nitrogens is 3. The van der Waals surface area contributed by atoms with E-state index in [0.29, 0.717) is 41.2 Å². The molecule has 0 aliphatic heterocycles. The van der Waals surface area contributed by atoms with Gasteiger partial charge in [-0.2, -0.15) is 0 Å². The zero-order valence-corrected chi connectivity index (χ0v) is 21.2. The molecule has 2 aromatic heterocycles. The topological polar surface area (TPSA) is 70.7 Å². The first kappa shape index (κ1) is 22.9. The summed E-state index contributed by atoms with van der Waals surface area (Å²) in [6.45, 7) is 2.27. The molecule has 3 fully saturated rings. The van der Waals surface area contributed by atoms with Crippen molar-refractivity contribution in [1.82, 2.24) is 20.3 Å². The van der Waals surface area contributed by atoms with Crippen LogP contribution in [0.5, 0.6) is 0 Å². The highest BCUT2D eigenvalue weighted by Gasteiger charge is 2.46. The Kier molecular flexibility index (Phi) is 5.52. The van der Waals surface area contributed by atoms with E-state index in [2.05, 4.69) is 28.3 Å². The van der Waals surface area contributed by atoms with Gasteiger partial charge in [0.2, 0.25) is 0 Å². The van der Waals surface area contributed by atoms with E-state index in [1.165, 1.54) is 37.3 Å². The number of benzene rings is 2. The number of carbonyl (C=O) groups is 1. The smallest absolute Gasteiger partial charge is 0.251 e. The zero-order valence-electron chi connectivity index (χ0n) is 21.2. The average molecular weight is 497 g/mol. The summed E-state index contributed by atoms with van der Waals surface area (Å²) in [4.78, 5) is 25.4. The summed E-state index contributed by atoms with van der Waals surface area (Å²) in [5.74, 6) is 3.73. The summed E-state index contributed by atoms with van der Waals surface area (Å²) in [5, 5.41) is 4.10. The van der Waals surface area contributed by atoms with E-state index in [1.807, 2.05) is 24.4 Å². The normalized spacial score (nSPS) is 26.0. The Labute approximate surface area is 216 Å². The minimum absolute atomic E-state index is 0.0112. The van der Waals surface area contributed by atoms with Crippen molar-refractivity contribution in [3.05, 3.63) is 71.4 Å². The number of H-pyrrole nitrogens is 1. The number of nitrogens with one attached hydrogen (secondary N) is 2. The maximum Gasteiger partial charge on any atom is 0.251 e. The quantitative estimate of drug-likeness (QED) is 0.306. The first-order valence-electron chi connectivity index (χ1n) is 13.9. The molecular formula is C31H33FN4O. The minimum Gasteiger partial charge on any atom is -0.349 e. The van der Waals surface area contributed by atoms with E-state index in [9.17, 15) is 9.18 Å². The molecule has 3 saturated carbocycles. The van der Waals surface area contributed by atoms with E-state index >= 15 is 0 Å². The number of hydrogen-bond donors (Lipinski definition) is 2. The molecule has 2 aromatic carbocycles. The number of hydrogen-bond acceptors (Lipinski definition) is 3. The predicted molar refractivity (Wildman–Crippen MR) is 143 cm³/mol. The molecule has 6 heteroatoms. The Hall–Kier alpha value is -3.28. The van der Waals surface area contributed by atoms with Crippen LogP contribution in [0.2, 0.25) is 0 Å². The lowest BCUT2D eigenvalue weighted by atomic mass is 9.75. The summed E-state index contributed by atoms with van der Waals surface area (Å²) in [6, 6.07) is 13.2. The van der Waals surface area contributed by atoms with Crippen molar-refractivity contribution in [1.29, 1.82) is 0 Å². The number of carbonyl (C=O) groups excluding carboxylic acids is 1. The first-order chi connectivity index (χ1) is 18.0. The molecule has 37 heavy (non-hydrogen) atoms. The third-order valence-corrected chi connectivity index (χ3v) is 9.47. The second kappa shape index (κ2) is 8.93. The molecule has 0 radical (unpaired) electrons. The lowest BCUT2D eigenvalue weighted by Crippen LogP contribution is -2.39. The van der Waals surface area contributed by atoms with Gasteiger partial charge in [0.25, 0.3) is 5.91 Å². The van der Waals surface area contributed by atoms with Crippen molar-refractivity contribution < 1.29 is 9.18 Å².